The van der Waals surface area contributed by atoms with Crippen molar-refractivity contribution in [2.75, 3.05) is 13.2 Å². The van der Waals surface area contributed by atoms with Gasteiger partial charge < -0.3 is 9.47 Å². The Morgan fingerprint density at radius 1 is 0.957 bits per heavy atom. The van der Waals surface area contributed by atoms with Gasteiger partial charge in [0.2, 0.25) is 0 Å². The molecule has 0 N–H and O–H groups in total. The lowest BCUT2D eigenvalue weighted by Crippen LogP contribution is -2.16. The first kappa shape index (κ1) is 15.7. The molecule has 0 aliphatic carbocycles. The van der Waals surface area contributed by atoms with Gasteiger partial charge in [-0.3, -0.25) is 0 Å². The van der Waals surface area contributed by atoms with Gasteiger partial charge in [0.15, 0.2) is 11.5 Å². The maximum atomic E-state index is 5.70. The van der Waals surface area contributed by atoms with Gasteiger partial charge in [-0.2, -0.15) is 0 Å². The third-order valence-electron chi connectivity index (χ3n) is 3.76. The molecule has 118 valence electrons. The van der Waals surface area contributed by atoms with Gasteiger partial charge in [-0.25, -0.2) is 0 Å². The molecule has 23 heavy (non-hydrogen) atoms. The lowest BCUT2D eigenvalue weighted by molar-refractivity contribution is 0.171. The number of fused-ring (bicyclic) bond motifs is 1. The number of rotatable bonds is 1. The Hall–Kier alpha value is -2.18. The van der Waals surface area contributed by atoms with E-state index in [0.717, 1.165) is 22.6 Å². The summed E-state index contributed by atoms with van der Waals surface area (Å²) in [4.78, 5) is 0. The first-order valence-corrected chi connectivity index (χ1v) is 11.5. The van der Waals surface area contributed by atoms with E-state index in [1.807, 2.05) is 6.07 Å². The minimum absolute atomic E-state index is 0.608. The Bertz CT molecular complexity index is 792. The van der Waals surface area contributed by atoms with Gasteiger partial charge in [-0.15, -0.1) is 5.54 Å². The molecule has 0 amide bonds. The zero-order chi connectivity index (χ0) is 16.4. The maximum Gasteiger partial charge on any atom is 0.161 e. The molecule has 1 heterocycles. The lowest BCUT2D eigenvalue weighted by Gasteiger charge is -2.19. The van der Waals surface area contributed by atoms with Crippen LogP contribution in [-0.2, 0) is 0 Å². The minimum atomic E-state index is -1.38. The summed E-state index contributed by atoms with van der Waals surface area (Å²) >= 11 is 0. The van der Waals surface area contributed by atoms with E-state index in [2.05, 4.69) is 68.4 Å². The topological polar surface area (TPSA) is 18.5 Å². The van der Waals surface area contributed by atoms with Crippen LogP contribution in [0.2, 0.25) is 19.6 Å². The summed E-state index contributed by atoms with van der Waals surface area (Å²) < 4.78 is 11.3. The molecule has 3 rings (SSSR count). The summed E-state index contributed by atoms with van der Waals surface area (Å²) in [6.07, 6.45) is 0. The third-order valence-corrected chi connectivity index (χ3v) is 4.63. The predicted octanol–water partition coefficient (Wildman–Crippen LogP) is 4.66. The van der Waals surface area contributed by atoms with Gasteiger partial charge in [0.1, 0.15) is 21.3 Å². The summed E-state index contributed by atoms with van der Waals surface area (Å²) in [5.74, 6) is 5.03. The SMILES string of the molecule is Cc1c(C#C[Si](C)(C)C)cccc1-c1ccc2c(c1)OCCO2. The minimum Gasteiger partial charge on any atom is -0.486 e. The lowest BCUT2D eigenvalue weighted by atomic mass is 9.96. The highest BCUT2D eigenvalue weighted by Gasteiger charge is 2.14. The van der Waals surface area contributed by atoms with Gasteiger partial charge in [0.05, 0.1) is 0 Å². The van der Waals surface area contributed by atoms with Crippen molar-refractivity contribution in [3.05, 3.63) is 47.5 Å². The number of benzene rings is 2. The summed E-state index contributed by atoms with van der Waals surface area (Å²) in [6, 6.07) is 12.5. The van der Waals surface area contributed by atoms with Gasteiger partial charge in [-0.05, 0) is 41.8 Å². The largest absolute Gasteiger partial charge is 0.486 e. The quantitative estimate of drug-likeness (QED) is 0.561. The molecule has 1 aliphatic heterocycles. The van der Waals surface area contributed by atoms with E-state index in [0.29, 0.717) is 13.2 Å². The number of ether oxygens (including phenoxy) is 2. The van der Waals surface area contributed by atoms with Crippen LogP contribution < -0.4 is 9.47 Å². The fraction of sp³-hybridized carbons (Fsp3) is 0.300. The van der Waals surface area contributed by atoms with Crippen LogP contribution in [0.25, 0.3) is 11.1 Å². The predicted molar refractivity (Wildman–Crippen MR) is 97.8 cm³/mol. The summed E-state index contributed by atoms with van der Waals surface area (Å²) in [7, 11) is -1.38. The molecule has 0 fully saturated rings. The van der Waals surface area contributed by atoms with Crippen molar-refractivity contribution < 1.29 is 9.47 Å². The van der Waals surface area contributed by atoms with Crippen molar-refractivity contribution in [1.82, 2.24) is 0 Å². The Balaban J connectivity index is 2.02. The molecule has 1 aliphatic rings. The molecule has 2 aromatic rings. The Kier molecular flexibility index (Phi) is 4.19. The highest BCUT2D eigenvalue weighted by Crippen LogP contribution is 2.35. The molecule has 0 bridgehead atoms. The highest BCUT2D eigenvalue weighted by molar-refractivity contribution is 6.83. The van der Waals surface area contributed by atoms with E-state index in [9.17, 15) is 0 Å². The fourth-order valence-corrected chi connectivity index (χ4v) is 3.06. The third kappa shape index (κ3) is 3.60. The van der Waals surface area contributed by atoms with E-state index < -0.39 is 8.07 Å². The molecule has 0 saturated carbocycles. The summed E-state index contributed by atoms with van der Waals surface area (Å²) in [6.45, 7) is 10.2. The van der Waals surface area contributed by atoms with Crippen LogP contribution in [0.1, 0.15) is 11.1 Å². The van der Waals surface area contributed by atoms with Crippen molar-refractivity contribution in [2.24, 2.45) is 0 Å². The van der Waals surface area contributed by atoms with Crippen LogP contribution in [0.3, 0.4) is 0 Å². The zero-order valence-electron chi connectivity index (χ0n) is 14.2. The van der Waals surface area contributed by atoms with E-state index in [1.54, 1.807) is 0 Å². The molecule has 0 unspecified atom stereocenters. The molecule has 2 aromatic carbocycles. The standard InChI is InChI=1S/C20H22O2Si/c1-15-16(10-13-23(2,3)4)6-5-7-18(15)17-8-9-19-20(14-17)22-12-11-21-19/h5-9,14H,11-12H2,1-4H3. The molecule has 3 heteroatoms. The second kappa shape index (κ2) is 6.14. The molecule has 0 saturated heterocycles. The summed E-state index contributed by atoms with van der Waals surface area (Å²) in [5, 5.41) is 0. The van der Waals surface area contributed by atoms with E-state index in [4.69, 9.17) is 9.47 Å². The zero-order valence-corrected chi connectivity index (χ0v) is 15.2. The molecule has 0 atom stereocenters. The van der Waals surface area contributed by atoms with Gasteiger partial charge in [0, 0.05) is 5.56 Å². The smallest absolute Gasteiger partial charge is 0.161 e. The molecule has 0 aromatic heterocycles. The van der Waals surface area contributed by atoms with Crippen molar-refractivity contribution in [2.45, 2.75) is 26.6 Å². The van der Waals surface area contributed by atoms with Gasteiger partial charge >= 0.3 is 0 Å². The van der Waals surface area contributed by atoms with E-state index >= 15 is 0 Å². The Labute approximate surface area is 139 Å². The average Bonchev–Trinajstić information content (AvgIpc) is 2.52. The van der Waals surface area contributed by atoms with Gasteiger partial charge in [-0.1, -0.05) is 43.8 Å². The van der Waals surface area contributed by atoms with Crippen LogP contribution in [-0.4, -0.2) is 21.3 Å². The Morgan fingerprint density at radius 3 is 2.43 bits per heavy atom. The van der Waals surface area contributed by atoms with Crippen LogP contribution in [0.5, 0.6) is 11.5 Å². The van der Waals surface area contributed by atoms with Crippen LogP contribution >= 0.6 is 0 Å². The summed E-state index contributed by atoms with van der Waals surface area (Å²) in [5.41, 5.74) is 8.12. The van der Waals surface area contributed by atoms with Crippen molar-refractivity contribution in [1.29, 1.82) is 0 Å². The first-order chi connectivity index (χ1) is 10.9. The van der Waals surface area contributed by atoms with Crippen molar-refractivity contribution >= 4 is 8.07 Å². The van der Waals surface area contributed by atoms with Crippen molar-refractivity contribution in [3.8, 4) is 34.1 Å². The van der Waals surface area contributed by atoms with E-state index in [-0.39, 0.29) is 0 Å². The fourth-order valence-electron chi connectivity index (χ4n) is 2.55. The average molecular weight is 322 g/mol. The molecule has 2 nitrogen and oxygen atoms in total. The van der Waals surface area contributed by atoms with Crippen LogP contribution in [0, 0.1) is 18.4 Å². The second-order valence-electron chi connectivity index (χ2n) is 6.84. The van der Waals surface area contributed by atoms with E-state index in [1.165, 1.54) is 11.1 Å². The first-order valence-electron chi connectivity index (χ1n) is 7.97. The second-order valence-corrected chi connectivity index (χ2v) is 11.6. The highest BCUT2D eigenvalue weighted by atomic mass is 28.3. The maximum absolute atomic E-state index is 5.70. The Morgan fingerprint density at radius 2 is 1.70 bits per heavy atom. The van der Waals surface area contributed by atoms with Gasteiger partial charge in [0.25, 0.3) is 0 Å². The molecule has 0 radical (unpaired) electrons. The molecule has 0 spiro atoms. The molecular weight excluding hydrogens is 300 g/mol. The van der Waals surface area contributed by atoms with Crippen LogP contribution in [0.4, 0.5) is 0 Å². The number of hydrogen-bond donors (Lipinski definition) is 0. The van der Waals surface area contributed by atoms with Crippen LogP contribution in [0.15, 0.2) is 36.4 Å². The monoisotopic (exact) mass is 322 g/mol. The molecular formula is C20H22O2Si. The number of hydrogen-bond acceptors (Lipinski definition) is 2. The van der Waals surface area contributed by atoms with Crippen molar-refractivity contribution in [3.63, 3.8) is 0 Å². The normalized spacial score (nSPS) is 13.2.